The second kappa shape index (κ2) is 6.82. The van der Waals surface area contributed by atoms with Gasteiger partial charge in [0.1, 0.15) is 11.4 Å². The molecule has 7 heteroatoms. The maximum absolute atomic E-state index is 10.1. The lowest BCUT2D eigenvalue weighted by Gasteiger charge is -2.34. The van der Waals surface area contributed by atoms with E-state index in [9.17, 15) is 5.02 Å². The smallest absolute Gasteiger partial charge is 0.531 e. The molecule has 2 aliphatic rings. The Morgan fingerprint density at radius 1 is 1.46 bits per heavy atom. The van der Waals surface area contributed by atoms with Crippen LogP contribution in [0.2, 0.25) is 0 Å². The van der Waals surface area contributed by atoms with Crippen molar-refractivity contribution in [2.75, 3.05) is 18.8 Å². The molecule has 1 fully saturated rings. The van der Waals surface area contributed by atoms with Crippen LogP contribution in [-0.2, 0) is 0 Å². The molecule has 4 heterocycles. The monoisotopic (exact) mass is 343 g/mol. The lowest BCUT2D eigenvalue weighted by molar-refractivity contribution is 0.334. The van der Waals surface area contributed by atoms with Crippen molar-refractivity contribution in [1.82, 2.24) is 14.3 Å². The molecule has 0 spiro atoms. The van der Waals surface area contributed by atoms with Crippen LogP contribution < -0.4 is 4.65 Å². The third-order valence-electron chi connectivity index (χ3n) is 4.78. The van der Waals surface area contributed by atoms with Crippen LogP contribution >= 0.6 is 11.9 Å². The summed E-state index contributed by atoms with van der Waals surface area (Å²) in [6.45, 7) is 4.42. The van der Waals surface area contributed by atoms with Gasteiger partial charge in [0, 0.05) is 36.0 Å². The van der Waals surface area contributed by atoms with E-state index in [0.717, 1.165) is 42.5 Å². The number of nitrogens with one attached hydrogen (secondary N) is 1. The van der Waals surface area contributed by atoms with Gasteiger partial charge in [0.15, 0.2) is 0 Å². The lowest BCUT2D eigenvalue weighted by Crippen LogP contribution is -2.32. The summed E-state index contributed by atoms with van der Waals surface area (Å²) in [6.07, 6.45) is 7.07. The van der Waals surface area contributed by atoms with E-state index in [2.05, 4.69) is 21.2 Å². The second-order valence-corrected chi connectivity index (χ2v) is 7.59. The Kier molecular flexibility index (Phi) is 4.56. The molecule has 2 aliphatic heterocycles. The fraction of sp³-hybridized carbons (Fsp3) is 0.471. The maximum Gasteiger partial charge on any atom is 0.552 e. The molecule has 0 bridgehead atoms. The number of aromatic amines is 1. The molecule has 4 rings (SSSR count). The van der Waals surface area contributed by atoms with Crippen LogP contribution in [0, 0.1) is 5.92 Å². The minimum atomic E-state index is -0.877. The number of nitrogens with zero attached hydrogens (tertiary/aromatic N) is 2. The van der Waals surface area contributed by atoms with Crippen LogP contribution in [-0.4, -0.2) is 45.3 Å². The summed E-state index contributed by atoms with van der Waals surface area (Å²) in [5, 5.41) is 11.2. The van der Waals surface area contributed by atoms with Gasteiger partial charge in [-0.3, -0.25) is 4.31 Å². The molecule has 0 saturated carbocycles. The van der Waals surface area contributed by atoms with Crippen molar-refractivity contribution in [3.63, 3.8) is 0 Å². The average Bonchev–Trinajstić information content (AvgIpc) is 3.08. The molecular formula is C17H22BN3O2S. The van der Waals surface area contributed by atoms with Crippen molar-refractivity contribution >= 4 is 35.7 Å². The molecule has 0 radical (unpaired) electrons. The number of aromatic nitrogens is 2. The quantitative estimate of drug-likeness (QED) is 0.660. The zero-order chi connectivity index (χ0) is 16.5. The predicted molar refractivity (Wildman–Crippen MR) is 99.7 cm³/mol. The van der Waals surface area contributed by atoms with E-state index in [-0.39, 0.29) is 0 Å². The summed E-state index contributed by atoms with van der Waals surface area (Å²) in [5.41, 5.74) is 3.19. The molecule has 0 atom stereocenters. The van der Waals surface area contributed by atoms with Gasteiger partial charge in [-0.25, -0.2) is 4.98 Å². The van der Waals surface area contributed by atoms with Crippen molar-refractivity contribution < 1.29 is 9.68 Å². The number of allylic oxidation sites excluding steroid dienone is 1. The van der Waals surface area contributed by atoms with E-state index in [1.54, 1.807) is 6.20 Å². The van der Waals surface area contributed by atoms with Crippen molar-refractivity contribution in [2.45, 2.75) is 26.2 Å². The van der Waals surface area contributed by atoms with E-state index < -0.39 is 7.12 Å². The van der Waals surface area contributed by atoms with Crippen molar-refractivity contribution in [3.8, 4) is 5.75 Å². The molecule has 2 aromatic rings. The molecular weight excluding hydrogens is 321 g/mol. The lowest BCUT2D eigenvalue weighted by atomic mass is 9.74. The van der Waals surface area contributed by atoms with Gasteiger partial charge in [0.05, 0.1) is 6.20 Å². The van der Waals surface area contributed by atoms with Gasteiger partial charge in [-0.2, -0.15) is 0 Å². The first-order valence-corrected chi connectivity index (χ1v) is 9.61. The highest BCUT2D eigenvalue weighted by Crippen LogP contribution is 2.42. The van der Waals surface area contributed by atoms with E-state index in [1.165, 1.54) is 17.7 Å². The predicted octanol–water partition coefficient (Wildman–Crippen LogP) is 3.13. The van der Waals surface area contributed by atoms with Gasteiger partial charge in [0.2, 0.25) is 0 Å². The van der Waals surface area contributed by atoms with Gasteiger partial charge in [0.25, 0.3) is 0 Å². The number of hydrogen-bond acceptors (Lipinski definition) is 5. The fourth-order valence-corrected chi connectivity index (χ4v) is 4.54. The molecule has 0 amide bonds. The summed E-state index contributed by atoms with van der Waals surface area (Å²) < 4.78 is 8.07. The van der Waals surface area contributed by atoms with E-state index in [0.29, 0.717) is 11.7 Å². The summed E-state index contributed by atoms with van der Waals surface area (Å²) in [6, 6.07) is 2.04. The number of pyridine rings is 1. The molecule has 126 valence electrons. The van der Waals surface area contributed by atoms with Gasteiger partial charge in [-0.1, -0.05) is 18.9 Å². The zero-order valence-electron chi connectivity index (χ0n) is 13.9. The Bertz CT molecular complexity index is 755. The van der Waals surface area contributed by atoms with Crippen LogP contribution in [0.25, 0.3) is 16.6 Å². The number of hydrogen-bond donors (Lipinski definition) is 2. The zero-order valence-corrected chi connectivity index (χ0v) is 14.7. The molecule has 2 N–H and O–H groups in total. The first-order valence-electron chi connectivity index (χ1n) is 8.67. The van der Waals surface area contributed by atoms with Crippen molar-refractivity contribution in [1.29, 1.82) is 0 Å². The molecule has 0 unspecified atom stereocenters. The van der Waals surface area contributed by atoms with Crippen LogP contribution in [0.1, 0.15) is 31.7 Å². The highest BCUT2D eigenvalue weighted by atomic mass is 32.2. The summed E-state index contributed by atoms with van der Waals surface area (Å²) in [4.78, 5) is 7.55. The minimum Gasteiger partial charge on any atom is -0.531 e. The van der Waals surface area contributed by atoms with Crippen LogP contribution in [0.4, 0.5) is 0 Å². The first-order chi connectivity index (χ1) is 11.8. The second-order valence-electron chi connectivity index (χ2n) is 6.40. The molecule has 24 heavy (non-hydrogen) atoms. The fourth-order valence-electron chi connectivity index (χ4n) is 3.63. The molecule has 1 saturated heterocycles. The Balaban J connectivity index is 1.61. The van der Waals surface area contributed by atoms with Crippen molar-refractivity contribution in [3.05, 3.63) is 30.0 Å². The third-order valence-corrected chi connectivity index (χ3v) is 6.10. The maximum atomic E-state index is 10.1. The minimum absolute atomic E-state index is 0.460. The highest BCUT2D eigenvalue weighted by Gasteiger charge is 2.32. The number of H-pyrrole nitrogens is 1. The molecule has 0 aromatic carbocycles. The van der Waals surface area contributed by atoms with Gasteiger partial charge in [-0.05, 0) is 42.8 Å². The average molecular weight is 343 g/mol. The normalized spacial score (nSPS) is 19.2. The Labute approximate surface area is 146 Å². The summed E-state index contributed by atoms with van der Waals surface area (Å²) >= 11 is 1.96. The first kappa shape index (κ1) is 16.1. The highest BCUT2D eigenvalue weighted by molar-refractivity contribution is 7.97. The van der Waals surface area contributed by atoms with Crippen molar-refractivity contribution in [2.24, 2.45) is 5.92 Å². The summed E-state index contributed by atoms with van der Waals surface area (Å²) in [7, 11) is -0.877. The van der Waals surface area contributed by atoms with E-state index >= 15 is 0 Å². The van der Waals surface area contributed by atoms with E-state index in [4.69, 9.17) is 4.65 Å². The number of rotatable bonds is 4. The summed E-state index contributed by atoms with van der Waals surface area (Å²) in [5.74, 6) is 4.23. The Hall–Kier alpha value is -1.44. The van der Waals surface area contributed by atoms with E-state index in [1.807, 2.05) is 30.2 Å². The van der Waals surface area contributed by atoms with Gasteiger partial charge in [-0.15, -0.1) is 0 Å². The van der Waals surface area contributed by atoms with Crippen LogP contribution in [0.3, 0.4) is 0 Å². The molecule has 0 aliphatic carbocycles. The topological polar surface area (TPSA) is 61.4 Å². The largest absolute Gasteiger partial charge is 0.552 e. The standard InChI is InChI=1S/C17H22BN3O2S/c1-2-9-24-21-7-4-12(5-8-21)14-10-18(22)23-15-11-20-17-13(16(14)15)3-6-19-17/h3,6,10-12,22H,2,4-5,7-9H2,1H3,(H,19,20). The molecule has 2 aromatic heterocycles. The van der Waals surface area contributed by atoms with Crippen LogP contribution in [0.15, 0.2) is 24.4 Å². The third kappa shape index (κ3) is 2.96. The Morgan fingerprint density at radius 2 is 2.29 bits per heavy atom. The Morgan fingerprint density at radius 3 is 3.08 bits per heavy atom. The number of fused-ring (bicyclic) bond motifs is 3. The van der Waals surface area contributed by atoms with Gasteiger partial charge >= 0.3 is 7.12 Å². The molecule has 5 nitrogen and oxygen atoms in total. The van der Waals surface area contributed by atoms with Gasteiger partial charge < -0.3 is 14.7 Å². The van der Waals surface area contributed by atoms with Crippen LogP contribution in [0.5, 0.6) is 5.75 Å². The SMILES string of the molecule is CCCSN1CCC(C2=CB(O)Oc3cnc4[nH]ccc4c32)CC1. The number of piperidine rings is 1.